The number of hydrogen-bond acceptors (Lipinski definition) is 2. The number of hydrogen-bond donors (Lipinski definition) is 2. The summed E-state index contributed by atoms with van der Waals surface area (Å²) in [5.74, 6) is -1.19. The topological polar surface area (TPSA) is 57.5 Å². The van der Waals surface area contributed by atoms with Crippen molar-refractivity contribution in [3.8, 4) is 0 Å². The van der Waals surface area contributed by atoms with Crippen LogP contribution >= 0.6 is 0 Å². The molecule has 0 aromatic carbocycles. The molecule has 2 N–H and O–H groups in total. The van der Waals surface area contributed by atoms with E-state index in [0.29, 0.717) is 0 Å². The number of carboxylic acid groups (broad SMARTS) is 1. The molecule has 0 fully saturated rings. The van der Waals surface area contributed by atoms with Crippen molar-refractivity contribution < 1.29 is 17.9 Å². The van der Waals surface area contributed by atoms with Crippen LogP contribution in [0.2, 0.25) is 0 Å². The molecular weight excluding hydrogens is 135 g/mol. The van der Waals surface area contributed by atoms with Gasteiger partial charge in [-0.05, 0) is 6.92 Å². The summed E-state index contributed by atoms with van der Waals surface area (Å²) >= 11 is 0. The van der Waals surface area contributed by atoms with Gasteiger partial charge in [-0.1, -0.05) is 0 Å². The van der Waals surface area contributed by atoms with Crippen LogP contribution in [0.25, 0.3) is 0 Å². The van der Waals surface area contributed by atoms with Crippen LogP contribution in [0.4, 0.5) is 0 Å². The Morgan fingerprint density at radius 3 is 1.88 bits per heavy atom. The fourth-order valence-corrected chi connectivity index (χ4v) is 0. The van der Waals surface area contributed by atoms with E-state index in [1.165, 1.54) is 6.92 Å². The Bertz CT molecular complexity index is 72.8. The Morgan fingerprint density at radius 1 is 1.75 bits per heavy atom. The molecule has 0 aromatic rings. The zero-order chi connectivity index (χ0) is 5.15. The quantitative estimate of drug-likeness (QED) is 0.426. The van der Waals surface area contributed by atoms with Crippen LogP contribution in [0.5, 0.6) is 0 Å². The van der Waals surface area contributed by atoms with Gasteiger partial charge in [-0.25, -0.2) is 4.79 Å². The van der Waals surface area contributed by atoms with Crippen LogP contribution in [-0.4, -0.2) is 62.7 Å². The molecule has 46 valence electrons. The molecule has 8 heavy (non-hydrogen) atoms. The molecule has 0 aromatic heterocycles. The normalized spacial score (nSPS) is 10.2. The maximum absolute atomic E-state index is 9.45. The monoisotopic (exact) mass is 146 g/mol. The van der Waals surface area contributed by atoms with Crippen molar-refractivity contribution in [1.29, 1.82) is 0 Å². The van der Waals surface area contributed by atoms with Gasteiger partial charge in [-0.2, -0.15) is 0 Å². The van der Waals surface area contributed by atoms with Crippen molar-refractivity contribution in [3.63, 3.8) is 0 Å². The average molecular weight is 146 g/mol. The van der Waals surface area contributed by atoms with Crippen molar-refractivity contribution >= 4 is 46.4 Å². The molecule has 3 nitrogen and oxygen atoms in total. The molecule has 0 aliphatic heterocycles. The molecule has 1 unspecified atom stereocenters. The molecule has 0 radical (unpaired) electrons. The van der Waals surface area contributed by atoms with Gasteiger partial charge in [-0.15, -0.1) is 0 Å². The van der Waals surface area contributed by atoms with Crippen molar-refractivity contribution in [2.45, 2.75) is 13.0 Å². The molecule has 0 rings (SSSR count). The number of carboxylic acids is 1. The SMILES string of the molecule is CC(O)C(=O)O.[AlH3].[H-].[H-].[Mg+2]. The molecule has 5 heteroatoms. The van der Waals surface area contributed by atoms with Gasteiger partial charge in [0.05, 0.1) is 0 Å². The van der Waals surface area contributed by atoms with Gasteiger partial charge in [0.25, 0.3) is 0 Å². The first-order valence-electron chi connectivity index (χ1n) is 1.55. The number of rotatable bonds is 1. The second kappa shape index (κ2) is 7.73. The molecule has 0 saturated carbocycles. The van der Waals surface area contributed by atoms with E-state index in [1.807, 2.05) is 0 Å². The first-order chi connectivity index (χ1) is 2.64. The van der Waals surface area contributed by atoms with Crippen molar-refractivity contribution in [2.75, 3.05) is 0 Å². The van der Waals surface area contributed by atoms with Gasteiger partial charge in [0.2, 0.25) is 0 Å². The summed E-state index contributed by atoms with van der Waals surface area (Å²) in [6.07, 6.45) is -1.23. The largest absolute Gasteiger partial charge is 2.00 e. The van der Waals surface area contributed by atoms with E-state index in [0.717, 1.165) is 0 Å². The van der Waals surface area contributed by atoms with E-state index >= 15 is 0 Å². The zero-order valence-electron chi connectivity index (χ0n) is 6.09. The third kappa shape index (κ3) is 9.88. The van der Waals surface area contributed by atoms with Gasteiger partial charge in [0.15, 0.2) is 17.4 Å². The van der Waals surface area contributed by atoms with Gasteiger partial charge in [-0.3, -0.25) is 0 Å². The maximum Gasteiger partial charge on any atom is 2.00 e. The van der Waals surface area contributed by atoms with Crippen molar-refractivity contribution in [3.05, 3.63) is 0 Å². The third-order valence-corrected chi connectivity index (χ3v) is 0.357. The predicted octanol–water partition coefficient (Wildman–Crippen LogP) is -1.89. The van der Waals surface area contributed by atoms with E-state index in [1.54, 1.807) is 0 Å². The Labute approximate surface area is 77.3 Å². The summed E-state index contributed by atoms with van der Waals surface area (Å²) in [5, 5.41) is 15.8. The molecule has 0 spiro atoms. The molecule has 0 aliphatic rings. The minimum atomic E-state index is -1.23. The average Bonchev–Trinajstić information content (AvgIpc) is 1.36. The zero-order valence-corrected chi connectivity index (χ0v) is 5.50. The molecular formula is C3H11AlMgO3. The summed E-state index contributed by atoms with van der Waals surface area (Å²) in [6, 6.07) is 0. The van der Waals surface area contributed by atoms with Crippen molar-refractivity contribution in [1.82, 2.24) is 0 Å². The summed E-state index contributed by atoms with van der Waals surface area (Å²) in [6.45, 7) is 1.20. The number of aliphatic hydroxyl groups excluding tert-OH is 1. The van der Waals surface area contributed by atoms with E-state index < -0.39 is 12.1 Å². The van der Waals surface area contributed by atoms with E-state index in [4.69, 9.17) is 10.2 Å². The van der Waals surface area contributed by atoms with Crippen molar-refractivity contribution in [2.24, 2.45) is 0 Å². The summed E-state index contributed by atoms with van der Waals surface area (Å²) in [4.78, 5) is 9.45. The second-order valence-electron chi connectivity index (χ2n) is 1.01. The minimum Gasteiger partial charge on any atom is -1.00 e. The fourth-order valence-electron chi connectivity index (χ4n) is 0. The van der Waals surface area contributed by atoms with E-state index in [-0.39, 0.29) is 43.3 Å². The Hall–Kier alpha value is 0.729. The maximum atomic E-state index is 9.45. The number of aliphatic carboxylic acids is 1. The summed E-state index contributed by atoms with van der Waals surface area (Å²) < 4.78 is 0. The Kier molecular flexibility index (Phi) is 15.3. The van der Waals surface area contributed by atoms with Crippen LogP contribution in [0.1, 0.15) is 9.78 Å². The first-order valence-corrected chi connectivity index (χ1v) is 1.55. The van der Waals surface area contributed by atoms with Gasteiger partial charge in [0, 0.05) is 0 Å². The predicted molar refractivity (Wildman–Crippen MR) is 37.2 cm³/mol. The molecule has 0 amide bonds. The molecule has 1 atom stereocenters. The minimum absolute atomic E-state index is 0. The van der Waals surface area contributed by atoms with Crippen LogP contribution in [-0.2, 0) is 4.79 Å². The van der Waals surface area contributed by atoms with E-state index in [2.05, 4.69) is 0 Å². The van der Waals surface area contributed by atoms with Crippen LogP contribution in [0.3, 0.4) is 0 Å². The molecule has 0 aliphatic carbocycles. The summed E-state index contributed by atoms with van der Waals surface area (Å²) in [5.41, 5.74) is 0. The van der Waals surface area contributed by atoms with Crippen LogP contribution < -0.4 is 0 Å². The summed E-state index contributed by atoms with van der Waals surface area (Å²) in [7, 11) is 0. The van der Waals surface area contributed by atoms with Crippen LogP contribution in [0.15, 0.2) is 0 Å². The number of aliphatic hydroxyl groups is 1. The fraction of sp³-hybridized carbons (Fsp3) is 0.667. The molecule has 0 bridgehead atoms. The van der Waals surface area contributed by atoms with Gasteiger partial charge >= 0.3 is 29.0 Å². The van der Waals surface area contributed by atoms with E-state index in [9.17, 15) is 4.79 Å². The number of carbonyl (C=O) groups is 1. The smallest absolute Gasteiger partial charge is 1.00 e. The second-order valence-corrected chi connectivity index (χ2v) is 1.01. The Balaban J connectivity index is -0.0000000208. The third-order valence-electron chi connectivity index (χ3n) is 0.357. The van der Waals surface area contributed by atoms with Gasteiger partial charge < -0.3 is 13.1 Å². The van der Waals surface area contributed by atoms with Crippen LogP contribution in [0, 0.1) is 0 Å². The Morgan fingerprint density at radius 2 is 1.88 bits per heavy atom. The first kappa shape index (κ1) is 15.9. The molecule has 0 saturated heterocycles. The molecule has 0 heterocycles. The standard InChI is InChI=1S/C3H6O3.Al.Mg.5H/c1-2(4)3(5)6;;;;;;;/h2,4H,1H3,(H,5,6);;;;;;;/q;;+2;;;;2*-1. The van der Waals surface area contributed by atoms with Gasteiger partial charge in [0.1, 0.15) is 6.10 Å².